The van der Waals surface area contributed by atoms with Crippen LogP contribution in [0, 0.1) is 28.1 Å². The lowest BCUT2D eigenvalue weighted by Gasteiger charge is -2.65. The van der Waals surface area contributed by atoms with E-state index < -0.39 is 64.0 Å². The van der Waals surface area contributed by atoms with Crippen molar-refractivity contribution in [1.82, 2.24) is 0 Å². The maximum absolute atomic E-state index is 14.3. The maximum Gasteiger partial charge on any atom is 0.340 e. The number of epoxide rings is 1. The number of carbonyl (C=O) groups excluding carboxylic acids is 4. The molecular formula is C26H30O10. The molecule has 7 rings (SSSR count). The number of ketones is 1. The molecule has 10 atom stereocenters. The summed E-state index contributed by atoms with van der Waals surface area (Å²) in [4.78, 5) is 52.3. The summed E-state index contributed by atoms with van der Waals surface area (Å²) in [6.45, 7) is 7.88. The molecule has 0 bridgehead atoms. The van der Waals surface area contributed by atoms with Crippen LogP contribution >= 0.6 is 0 Å². The van der Waals surface area contributed by atoms with E-state index >= 15 is 0 Å². The van der Waals surface area contributed by atoms with Crippen LogP contribution in [-0.2, 0) is 42.9 Å². The number of ether oxygens (including phenoxy) is 5. The molecule has 2 aliphatic carbocycles. The highest BCUT2D eigenvalue weighted by Gasteiger charge is 2.90. The van der Waals surface area contributed by atoms with Crippen molar-refractivity contribution in [3.05, 3.63) is 11.6 Å². The second kappa shape index (κ2) is 6.39. The van der Waals surface area contributed by atoms with Crippen LogP contribution in [0.3, 0.4) is 0 Å². The van der Waals surface area contributed by atoms with Gasteiger partial charge in [-0.05, 0) is 45.6 Å². The molecule has 7 aliphatic rings. The van der Waals surface area contributed by atoms with Gasteiger partial charge in [-0.15, -0.1) is 0 Å². The van der Waals surface area contributed by atoms with E-state index in [9.17, 15) is 24.3 Å². The van der Waals surface area contributed by atoms with E-state index in [2.05, 4.69) is 0 Å². The lowest BCUT2D eigenvalue weighted by Crippen LogP contribution is -2.74. The lowest BCUT2D eigenvalue weighted by molar-refractivity contribution is -0.221. The fourth-order valence-corrected chi connectivity index (χ4v) is 9.51. The molecule has 5 aliphatic heterocycles. The van der Waals surface area contributed by atoms with Crippen molar-refractivity contribution in [2.24, 2.45) is 28.1 Å². The molecular weight excluding hydrogens is 472 g/mol. The smallest absolute Gasteiger partial charge is 0.340 e. The maximum atomic E-state index is 14.3. The summed E-state index contributed by atoms with van der Waals surface area (Å²) in [5.41, 5.74) is -4.37. The van der Waals surface area contributed by atoms with Crippen LogP contribution < -0.4 is 0 Å². The van der Waals surface area contributed by atoms with Crippen molar-refractivity contribution in [3.63, 3.8) is 0 Å². The molecule has 2 spiro atoms. The van der Waals surface area contributed by atoms with Crippen molar-refractivity contribution in [2.75, 3.05) is 6.61 Å². The monoisotopic (exact) mass is 502 g/mol. The van der Waals surface area contributed by atoms with Crippen LogP contribution in [0.4, 0.5) is 0 Å². The van der Waals surface area contributed by atoms with Crippen LogP contribution in [0.2, 0.25) is 0 Å². The van der Waals surface area contributed by atoms with Gasteiger partial charge in [0.2, 0.25) is 6.29 Å². The van der Waals surface area contributed by atoms with Gasteiger partial charge in [0.15, 0.2) is 6.10 Å². The third-order valence-electron chi connectivity index (χ3n) is 11.0. The quantitative estimate of drug-likeness (QED) is 0.314. The summed E-state index contributed by atoms with van der Waals surface area (Å²) in [6, 6.07) is 0. The van der Waals surface area contributed by atoms with Gasteiger partial charge in [0.1, 0.15) is 24.1 Å². The first kappa shape index (κ1) is 22.9. The molecule has 10 nitrogen and oxygen atoms in total. The molecule has 2 saturated carbocycles. The van der Waals surface area contributed by atoms with E-state index in [1.165, 1.54) is 6.08 Å². The normalized spacial score (nSPS) is 54.1. The molecule has 4 saturated heterocycles. The van der Waals surface area contributed by atoms with E-state index in [-0.39, 0.29) is 48.6 Å². The second-order valence-electron chi connectivity index (χ2n) is 12.5. The highest BCUT2D eigenvalue weighted by atomic mass is 16.7. The molecule has 194 valence electrons. The average Bonchev–Trinajstić information content (AvgIpc) is 3.43. The molecule has 0 aromatic rings. The van der Waals surface area contributed by atoms with E-state index in [1.807, 2.05) is 27.7 Å². The minimum absolute atomic E-state index is 0.0118. The van der Waals surface area contributed by atoms with Gasteiger partial charge in [0, 0.05) is 23.2 Å². The lowest BCUT2D eigenvalue weighted by atomic mass is 9.37. The largest absolute Gasteiger partial charge is 0.465 e. The van der Waals surface area contributed by atoms with Crippen molar-refractivity contribution < 1.29 is 48.0 Å². The van der Waals surface area contributed by atoms with E-state index in [0.29, 0.717) is 12.8 Å². The van der Waals surface area contributed by atoms with E-state index in [1.54, 1.807) is 0 Å². The second-order valence-corrected chi connectivity index (χ2v) is 12.5. The molecule has 0 aromatic heterocycles. The first-order chi connectivity index (χ1) is 16.8. The van der Waals surface area contributed by atoms with Crippen molar-refractivity contribution in [3.8, 4) is 0 Å². The van der Waals surface area contributed by atoms with Gasteiger partial charge in [-0.1, -0.05) is 6.92 Å². The fourth-order valence-electron chi connectivity index (χ4n) is 9.51. The van der Waals surface area contributed by atoms with Gasteiger partial charge in [-0.25, -0.2) is 9.59 Å². The van der Waals surface area contributed by atoms with Crippen molar-refractivity contribution >= 4 is 23.7 Å². The number of carbonyl (C=O) groups is 4. The van der Waals surface area contributed by atoms with E-state index in [0.717, 1.165) is 0 Å². The zero-order valence-corrected chi connectivity index (χ0v) is 20.7. The summed E-state index contributed by atoms with van der Waals surface area (Å²) in [5.74, 6) is -2.12. The topological polar surface area (TPSA) is 138 Å². The number of cyclic esters (lactones) is 3. The molecule has 0 unspecified atom stereocenters. The summed E-state index contributed by atoms with van der Waals surface area (Å²) in [6.07, 6.45) is -1.12. The number of hydrogen-bond donors (Lipinski definition) is 1. The van der Waals surface area contributed by atoms with Crippen LogP contribution in [0.1, 0.15) is 53.4 Å². The number of fused-ring (bicyclic) bond motifs is 1. The van der Waals surface area contributed by atoms with Crippen LogP contribution in [0.25, 0.3) is 0 Å². The molecule has 0 aromatic carbocycles. The van der Waals surface area contributed by atoms with Crippen LogP contribution in [0.15, 0.2) is 11.6 Å². The Hall–Kier alpha value is -2.30. The van der Waals surface area contributed by atoms with E-state index in [4.69, 9.17) is 23.7 Å². The number of rotatable bonds is 1. The summed E-state index contributed by atoms with van der Waals surface area (Å²) < 4.78 is 29.1. The Morgan fingerprint density at radius 1 is 0.944 bits per heavy atom. The number of aliphatic hydroxyl groups is 1. The number of hydrogen-bond acceptors (Lipinski definition) is 10. The Kier molecular flexibility index (Phi) is 4.06. The standard InChI is InChI=1S/C26H30O10/c1-22(2)13-8-14(27)24(4)12(25(13)10-32-16(28)9-15(25)35-22)5-6-23(3)18(11-7-17(29)33-20(11)30)34-21(31)19-26(23,24)36-19/h7,12-13,15,17-19,29H,5-6,8-10H2,1-4H3/t12-,13+,15+,17+,18-,19-,23+,24+,25+,26-/m0/s1. The van der Waals surface area contributed by atoms with Crippen molar-refractivity contribution in [1.29, 1.82) is 0 Å². The minimum Gasteiger partial charge on any atom is -0.465 e. The highest BCUT2D eigenvalue weighted by molar-refractivity contribution is 5.96. The third-order valence-corrected chi connectivity index (χ3v) is 11.0. The molecule has 0 amide bonds. The zero-order valence-electron chi connectivity index (χ0n) is 20.7. The van der Waals surface area contributed by atoms with Crippen LogP contribution in [0.5, 0.6) is 0 Å². The van der Waals surface area contributed by atoms with Gasteiger partial charge in [-0.2, -0.15) is 0 Å². The zero-order chi connectivity index (χ0) is 25.6. The van der Waals surface area contributed by atoms with Gasteiger partial charge in [0.05, 0.1) is 29.1 Å². The van der Waals surface area contributed by atoms with Crippen molar-refractivity contribution in [2.45, 2.75) is 89.2 Å². The average molecular weight is 503 g/mol. The number of aliphatic hydroxyl groups excluding tert-OH is 1. The predicted molar refractivity (Wildman–Crippen MR) is 117 cm³/mol. The number of Topliss-reactive ketones (excluding diaryl/α,β-unsaturated/α-hetero) is 1. The highest BCUT2D eigenvalue weighted by Crippen LogP contribution is 2.78. The minimum atomic E-state index is -1.41. The molecule has 6 fully saturated rings. The Morgan fingerprint density at radius 3 is 2.39 bits per heavy atom. The SMILES string of the molecule is CC1(C)O[C@@H]2CC(=O)OC[C@@]23[C@@H]1CC(=O)[C@@]1(C)[C@@H]3CC[C@]2(C)[C@H](C3=C[C@H](O)OC3=O)OC(=O)[C@@H]3O[C@]312. The molecule has 5 heterocycles. The Bertz CT molecular complexity index is 1170. The summed E-state index contributed by atoms with van der Waals surface area (Å²) in [7, 11) is 0. The molecule has 10 heteroatoms. The third kappa shape index (κ3) is 2.23. The summed E-state index contributed by atoms with van der Waals surface area (Å²) >= 11 is 0. The molecule has 0 radical (unpaired) electrons. The Labute approximate surface area is 207 Å². The Morgan fingerprint density at radius 2 is 1.69 bits per heavy atom. The molecule has 36 heavy (non-hydrogen) atoms. The van der Waals surface area contributed by atoms with Gasteiger partial charge < -0.3 is 28.8 Å². The predicted octanol–water partition coefficient (Wildman–Crippen LogP) is 0.973. The van der Waals surface area contributed by atoms with Gasteiger partial charge in [0.25, 0.3) is 0 Å². The van der Waals surface area contributed by atoms with Crippen LogP contribution in [-0.4, -0.2) is 71.2 Å². The number of esters is 3. The molecule has 1 N–H and O–H groups in total. The van der Waals surface area contributed by atoms with Gasteiger partial charge >= 0.3 is 17.9 Å². The Balaban J connectivity index is 1.39. The summed E-state index contributed by atoms with van der Waals surface area (Å²) in [5, 5.41) is 9.90. The first-order valence-electron chi connectivity index (χ1n) is 12.7. The fraction of sp³-hybridized carbons (Fsp3) is 0.769. The van der Waals surface area contributed by atoms with Gasteiger partial charge in [-0.3, -0.25) is 9.59 Å². The first-order valence-corrected chi connectivity index (χ1v) is 12.7.